The molecule has 1 aromatic rings. The number of hydrogen-bond donors (Lipinski definition) is 1. The lowest BCUT2D eigenvalue weighted by Crippen LogP contribution is -2.06. The van der Waals surface area contributed by atoms with E-state index in [0.717, 1.165) is 16.5 Å². The topological polar surface area (TPSA) is 43.1 Å². The lowest BCUT2D eigenvalue weighted by molar-refractivity contribution is -0.112. The number of amides is 1. The molecule has 0 bridgehead atoms. The molecule has 0 unspecified atom stereocenters. The van der Waals surface area contributed by atoms with Gasteiger partial charge in [-0.2, -0.15) is 0 Å². The minimum absolute atomic E-state index is 0.607. The van der Waals surface area contributed by atoms with Crippen LogP contribution in [0.2, 0.25) is 0 Å². The Morgan fingerprint density at radius 1 is 1.54 bits per heavy atom. The van der Waals surface area contributed by atoms with Crippen LogP contribution in [0.4, 0.5) is 0 Å². The van der Waals surface area contributed by atoms with Gasteiger partial charge in [-0.05, 0) is 23.6 Å². The predicted octanol–water partition coefficient (Wildman–Crippen LogP) is 1.42. The molecule has 0 radical (unpaired) electrons. The van der Waals surface area contributed by atoms with Crippen molar-refractivity contribution >= 4 is 21.8 Å². The number of carbonyl (C=O) groups excluding carboxylic acids is 1. The van der Waals surface area contributed by atoms with Gasteiger partial charge in [0.1, 0.15) is 0 Å². The monoisotopic (exact) mass is 237 g/mol. The molecule has 13 heavy (non-hydrogen) atoms. The zero-order chi connectivity index (χ0) is 9.68. The van der Waals surface area contributed by atoms with Gasteiger partial charge in [-0.1, -0.05) is 34.0 Å². The molecule has 1 aromatic carbocycles. The van der Waals surface area contributed by atoms with E-state index < -0.39 is 5.91 Å². The fraction of sp³-hybridized carbons (Fsp3) is 0.100. The van der Waals surface area contributed by atoms with Crippen molar-refractivity contribution in [2.75, 3.05) is 0 Å². The third-order valence-electron chi connectivity index (χ3n) is 1.41. The summed E-state index contributed by atoms with van der Waals surface area (Å²) in [5.41, 5.74) is 6.81. The third-order valence-corrected chi connectivity index (χ3v) is 2.06. The normalized spacial score (nSPS) is 8.69. The molecule has 1 amide bonds. The largest absolute Gasteiger partial charge is 0.359 e. The van der Waals surface area contributed by atoms with E-state index in [4.69, 9.17) is 5.73 Å². The van der Waals surface area contributed by atoms with Gasteiger partial charge in [0.25, 0.3) is 5.91 Å². The van der Waals surface area contributed by atoms with Gasteiger partial charge in [0.2, 0.25) is 0 Å². The van der Waals surface area contributed by atoms with Crippen molar-refractivity contribution in [1.29, 1.82) is 0 Å². The zero-order valence-electron chi connectivity index (χ0n) is 6.88. The summed E-state index contributed by atoms with van der Waals surface area (Å²) < 4.78 is 0. The fourth-order valence-corrected chi connectivity index (χ4v) is 1.21. The quantitative estimate of drug-likeness (QED) is 0.583. The summed E-state index contributed by atoms with van der Waals surface area (Å²) in [6.45, 7) is 0. The lowest BCUT2D eigenvalue weighted by Gasteiger charge is -1.94. The Bertz CT molecular complexity index is 376. The second-order valence-electron chi connectivity index (χ2n) is 2.45. The molecule has 0 aromatic heterocycles. The Balaban J connectivity index is 2.91. The van der Waals surface area contributed by atoms with Crippen LogP contribution in [-0.4, -0.2) is 5.91 Å². The van der Waals surface area contributed by atoms with Crippen molar-refractivity contribution in [3.63, 3.8) is 0 Å². The first kappa shape index (κ1) is 9.82. The second-order valence-corrected chi connectivity index (χ2v) is 3.01. The Kier molecular flexibility index (Phi) is 3.53. The van der Waals surface area contributed by atoms with E-state index in [-0.39, 0.29) is 0 Å². The van der Waals surface area contributed by atoms with Crippen LogP contribution in [-0.2, 0) is 10.1 Å². The van der Waals surface area contributed by atoms with Crippen molar-refractivity contribution in [1.82, 2.24) is 0 Å². The zero-order valence-corrected chi connectivity index (χ0v) is 8.47. The first-order chi connectivity index (χ1) is 6.22. The van der Waals surface area contributed by atoms with E-state index >= 15 is 0 Å². The molecule has 0 saturated carbocycles. The summed E-state index contributed by atoms with van der Waals surface area (Å²) >= 11 is 3.33. The van der Waals surface area contributed by atoms with Gasteiger partial charge < -0.3 is 5.73 Å². The van der Waals surface area contributed by atoms with Crippen molar-refractivity contribution in [2.45, 2.75) is 5.33 Å². The molecule has 0 saturated heterocycles. The molecule has 0 fully saturated rings. The molecule has 1 rings (SSSR count). The number of halogens is 1. The molecular formula is C10H8BrNO. The molecule has 0 aliphatic heterocycles. The first-order valence-electron chi connectivity index (χ1n) is 3.68. The molecule has 0 atom stereocenters. The van der Waals surface area contributed by atoms with Crippen molar-refractivity contribution in [3.8, 4) is 11.8 Å². The van der Waals surface area contributed by atoms with Crippen LogP contribution in [0.25, 0.3) is 0 Å². The van der Waals surface area contributed by atoms with E-state index in [1.807, 2.05) is 24.3 Å². The van der Waals surface area contributed by atoms with Gasteiger partial charge in [-0.15, -0.1) is 0 Å². The number of primary amides is 1. The molecule has 2 nitrogen and oxygen atoms in total. The van der Waals surface area contributed by atoms with E-state index in [1.54, 1.807) is 0 Å². The van der Waals surface area contributed by atoms with Gasteiger partial charge >= 0.3 is 0 Å². The summed E-state index contributed by atoms with van der Waals surface area (Å²) in [5.74, 6) is 4.35. The van der Waals surface area contributed by atoms with Crippen LogP contribution in [0.5, 0.6) is 0 Å². The second kappa shape index (κ2) is 4.68. The highest BCUT2D eigenvalue weighted by Crippen LogP contribution is 2.07. The summed E-state index contributed by atoms with van der Waals surface area (Å²) in [4.78, 5) is 10.4. The minimum Gasteiger partial charge on any atom is -0.359 e. The molecule has 0 aliphatic rings. The Morgan fingerprint density at radius 2 is 2.31 bits per heavy atom. The van der Waals surface area contributed by atoms with Gasteiger partial charge in [0, 0.05) is 10.9 Å². The number of nitrogens with two attached hydrogens (primary N) is 1. The van der Waals surface area contributed by atoms with Crippen LogP contribution in [0.15, 0.2) is 24.3 Å². The Hall–Kier alpha value is -1.27. The Labute approximate surface area is 85.3 Å². The molecule has 0 aliphatic carbocycles. The molecule has 0 heterocycles. The molecule has 66 valence electrons. The van der Waals surface area contributed by atoms with E-state index in [2.05, 4.69) is 27.8 Å². The van der Waals surface area contributed by atoms with E-state index in [9.17, 15) is 4.79 Å². The van der Waals surface area contributed by atoms with Crippen LogP contribution < -0.4 is 5.73 Å². The maximum absolute atomic E-state index is 10.4. The summed E-state index contributed by atoms with van der Waals surface area (Å²) in [5, 5.41) is 0.777. The SMILES string of the molecule is NC(=O)C#Cc1cccc(CBr)c1. The van der Waals surface area contributed by atoms with Crippen LogP contribution in [0.3, 0.4) is 0 Å². The van der Waals surface area contributed by atoms with Gasteiger partial charge in [0.15, 0.2) is 0 Å². The number of benzene rings is 1. The fourth-order valence-electron chi connectivity index (χ4n) is 0.866. The first-order valence-corrected chi connectivity index (χ1v) is 4.81. The Morgan fingerprint density at radius 3 is 2.92 bits per heavy atom. The highest BCUT2D eigenvalue weighted by Gasteiger charge is 1.90. The highest BCUT2D eigenvalue weighted by molar-refractivity contribution is 9.08. The van der Waals surface area contributed by atoms with Gasteiger partial charge in [0.05, 0.1) is 0 Å². The summed E-state index contributed by atoms with van der Waals surface area (Å²) in [6, 6.07) is 7.61. The number of carbonyl (C=O) groups is 1. The number of rotatable bonds is 1. The maximum Gasteiger partial charge on any atom is 0.293 e. The van der Waals surface area contributed by atoms with Crippen LogP contribution in [0.1, 0.15) is 11.1 Å². The lowest BCUT2D eigenvalue weighted by atomic mass is 10.1. The highest BCUT2D eigenvalue weighted by atomic mass is 79.9. The molecule has 0 spiro atoms. The van der Waals surface area contributed by atoms with Crippen molar-refractivity contribution in [2.24, 2.45) is 5.73 Å². The predicted molar refractivity (Wildman–Crippen MR) is 55.1 cm³/mol. The summed E-state index contributed by atoms with van der Waals surface area (Å²) in [6.07, 6.45) is 0. The van der Waals surface area contributed by atoms with Gasteiger partial charge in [-0.3, -0.25) is 4.79 Å². The van der Waals surface area contributed by atoms with E-state index in [0.29, 0.717) is 0 Å². The standard InChI is InChI=1S/C10H8BrNO/c11-7-9-3-1-2-8(6-9)4-5-10(12)13/h1-3,6H,7H2,(H2,12,13). The smallest absolute Gasteiger partial charge is 0.293 e. The maximum atomic E-state index is 10.4. The molecule has 2 N–H and O–H groups in total. The van der Waals surface area contributed by atoms with Crippen molar-refractivity contribution < 1.29 is 4.79 Å². The number of hydrogen-bond acceptors (Lipinski definition) is 1. The summed E-state index contributed by atoms with van der Waals surface area (Å²) in [7, 11) is 0. The third kappa shape index (κ3) is 3.30. The minimum atomic E-state index is -0.607. The van der Waals surface area contributed by atoms with E-state index in [1.165, 1.54) is 0 Å². The molecular weight excluding hydrogens is 230 g/mol. The average molecular weight is 238 g/mol. The van der Waals surface area contributed by atoms with Gasteiger partial charge in [-0.25, -0.2) is 0 Å². The average Bonchev–Trinajstić information content (AvgIpc) is 2.15. The van der Waals surface area contributed by atoms with Crippen LogP contribution in [0, 0.1) is 11.8 Å². The van der Waals surface area contributed by atoms with Crippen LogP contribution >= 0.6 is 15.9 Å². The van der Waals surface area contributed by atoms with Crippen molar-refractivity contribution in [3.05, 3.63) is 35.4 Å². The number of alkyl halides is 1. The molecule has 3 heteroatoms.